The molecule has 1 aliphatic rings. The van der Waals surface area contributed by atoms with Crippen molar-refractivity contribution in [2.45, 2.75) is 25.7 Å². The number of carbonyl (C=O) groups excluding carboxylic acids is 2. The van der Waals surface area contributed by atoms with Gasteiger partial charge in [0.05, 0.1) is 6.26 Å². The first-order chi connectivity index (χ1) is 14.5. The second-order valence-electron chi connectivity index (χ2n) is 6.85. The van der Waals surface area contributed by atoms with Crippen molar-refractivity contribution in [3.05, 3.63) is 54.5 Å². The van der Waals surface area contributed by atoms with Crippen LogP contribution in [0.4, 0.5) is 10.2 Å². The lowest BCUT2D eigenvalue weighted by atomic mass is 10.2. The van der Waals surface area contributed by atoms with Gasteiger partial charge in [0, 0.05) is 18.5 Å². The lowest BCUT2D eigenvalue weighted by Crippen LogP contribution is -2.52. The van der Waals surface area contributed by atoms with E-state index in [0.29, 0.717) is 23.7 Å². The predicted molar refractivity (Wildman–Crippen MR) is 105 cm³/mol. The van der Waals surface area contributed by atoms with Gasteiger partial charge in [-0.2, -0.15) is 5.10 Å². The molecular formula is C20H20FN5O4. The molecule has 2 aromatic heterocycles. The van der Waals surface area contributed by atoms with E-state index in [1.807, 2.05) is 6.92 Å². The van der Waals surface area contributed by atoms with Crippen LogP contribution in [-0.2, 0) is 9.59 Å². The zero-order valence-electron chi connectivity index (χ0n) is 16.1. The maximum atomic E-state index is 13.7. The summed E-state index contributed by atoms with van der Waals surface area (Å²) in [5, 5.41) is 13.1. The summed E-state index contributed by atoms with van der Waals surface area (Å²) in [6, 6.07) is 10.8. The molecule has 3 heterocycles. The average molecular weight is 413 g/mol. The van der Waals surface area contributed by atoms with Gasteiger partial charge in [0.25, 0.3) is 5.91 Å². The standard InChI is InChI=1S/C20H20FN5O4/c1-12-9-18(27)24-20(22-12)26-17(10-14(25-26)16-7-4-8-29-16)23-19(28)11-30-15-6-3-2-5-13(15)21/h2-8,10,12,20,22H,9,11H2,1H3,(H,23,28)(H,24,27). The summed E-state index contributed by atoms with van der Waals surface area (Å²) >= 11 is 0. The number of aromatic nitrogens is 2. The van der Waals surface area contributed by atoms with Crippen LogP contribution in [0.1, 0.15) is 19.6 Å². The number of nitrogens with zero attached hydrogens (tertiary/aromatic N) is 2. The van der Waals surface area contributed by atoms with Crippen LogP contribution < -0.4 is 20.7 Å². The molecule has 30 heavy (non-hydrogen) atoms. The summed E-state index contributed by atoms with van der Waals surface area (Å²) in [5.74, 6) is -0.412. The molecule has 1 fully saturated rings. The number of carbonyl (C=O) groups is 2. The van der Waals surface area contributed by atoms with Gasteiger partial charge in [-0.05, 0) is 31.2 Å². The second kappa shape index (κ2) is 8.37. The van der Waals surface area contributed by atoms with E-state index in [0.717, 1.165) is 0 Å². The Morgan fingerprint density at radius 1 is 1.37 bits per heavy atom. The van der Waals surface area contributed by atoms with E-state index >= 15 is 0 Å². The number of furan rings is 1. The summed E-state index contributed by atoms with van der Waals surface area (Å²) < 4.78 is 25.8. The molecule has 3 aromatic rings. The molecule has 2 amide bonds. The van der Waals surface area contributed by atoms with Crippen molar-refractivity contribution < 1.29 is 23.1 Å². The van der Waals surface area contributed by atoms with Gasteiger partial charge >= 0.3 is 0 Å². The molecule has 2 atom stereocenters. The highest BCUT2D eigenvalue weighted by atomic mass is 19.1. The number of benzene rings is 1. The lowest BCUT2D eigenvalue weighted by Gasteiger charge is -2.30. The van der Waals surface area contributed by atoms with E-state index in [1.54, 1.807) is 24.3 Å². The average Bonchev–Trinajstić information content (AvgIpc) is 3.36. The predicted octanol–water partition coefficient (Wildman–Crippen LogP) is 2.25. The number of ether oxygens (including phenoxy) is 1. The first-order valence-electron chi connectivity index (χ1n) is 9.35. The summed E-state index contributed by atoms with van der Waals surface area (Å²) in [7, 11) is 0. The Labute approximate surface area is 171 Å². The molecule has 1 aromatic carbocycles. The number of hydrogen-bond acceptors (Lipinski definition) is 6. The summed E-state index contributed by atoms with van der Waals surface area (Å²) in [4.78, 5) is 24.4. The van der Waals surface area contributed by atoms with E-state index < -0.39 is 24.6 Å². The maximum Gasteiger partial charge on any atom is 0.263 e. The number of hydrogen-bond donors (Lipinski definition) is 3. The summed E-state index contributed by atoms with van der Waals surface area (Å²) in [5.41, 5.74) is 0.472. The number of para-hydroxylation sites is 1. The van der Waals surface area contributed by atoms with Crippen LogP contribution in [0.15, 0.2) is 53.1 Å². The lowest BCUT2D eigenvalue weighted by molar-refractivity contribution is -0.125. The van der Waals surface area contributed by atoms with Gasteiger partial charge in [-0.25, -0.2) is 9.07 Å². The summed E-state index contributed by atoms with van der Waals surface area (Å²) in [6.07, 6.45) is 1.19. The topological polar surface area (TPSA) is 110 Å². The molecule has 3 N–H and O–H groups in total. The first-order valence-corrected chi connectivity index (χ1v) is 9.35. The molecule has 0 bridgehead atoms. The van der Waals surface area contributed by atoms with Crippen LogP contribution >= 0.6 is 0 Å². The molecular weight excluding hydrogens is 393 g/mol. The van der Waals surface area contributed by atoms with Crippen LogP contribution in [0.3, 0.4) is 0 Å². The SMILES string of the molecule is CC1CC(=O)NC(n2nc(-c3ccco3)cc2NC(=O)COc2ccccc2F)N1. The van der Waals surface area contributed by atoms with Crippen molar-refractivity contribution in [3.63, 3.8) is 0 Å². The minimum absolute atomic E-state index is 0.0209. The molecule has 0 spiro atoms. The van der Waals surface area contributed by atoms with Crippen LogP contribution in [0.2, 0.25) is 0 Å². The molecule has 4 rings (SSSR count). The van der Waals surface area contributed by atoms with E-state index in [2.05, 4.69) is 21.0 Å². The molecule has 1 aliphatic heterocycles. The van der Waals surface area contributed by atoms with Crippen molar-refractivity contribution >= 4 is 17.6 Å². The van der Waals surface area contributed by atoms with E-state index in [1.165, 1.54) is 29.1 Å². The van der Waals surface area contributed by atoms with E-state index in [-0.39, 0.29) is 17.7 Å². The van der Waals surface area contributed by atoms with Gasteiger partial charge in [-0.1, -0.05) is 12.1 Å². The van der Waals surface area contributed by atoms with Crippen LogP contribution in [0.25, 0.3) is 11.5 Å². The fourth-order valence-corrected chi connectivity index (χ4v) is 3.10. The fraction of sp³-hybridized carbons (Fsp3) is 0.250. The van der Waals surface area contributed by atoms with E-state index in [4.69, 9.17) is 9.15 Å². The van der Waals surface area contributed by atoms with Gasteiger partial charge in [0.2, 0.25) is 5.91 Å². The number of nitrogens with one attached hydrogen (secondary N) is 3. The van der Waals surface area contributed by atoms with Crippen LogP contribution in [0.5, 0.6) is 5.75 Å². The molecule has 9 nitrogen and oxygen atoms in total. The Hall–Kier alpha value is -3.66. The normalized spacial score (nSPS) is 18.7. The third-order valence-corrected chi connectivity index (χ3v) is 4.45. The van der Waals surface area contributed by atoms with Crippen molar-refractivity contribution in [3.8, 4) is 17.2 Å². The minimum Gasteiger partial charge on any atom is -0.481 e. The fourth-order valence-electron chi connectivity index (χ4n) is 3.10. The zero-order chi connectivity index (χ0) is 21.1. The molecule has 0 radical (unpaired) electrons. The third kappa shape index (κ3) is 4.33. The third-order valence-electron chi connectivity index (χ3n) is 4.45. The quantitative estimate of drug-likeness (QED) is 0.572. The van der Waals surface area contributed by atoms with Crippen molar-refractivity contribution in [2.75, 3.05) is 11.9 Å². The van der Waals surface area contributed by atoms with Gasteiger partial charge in [-0.3, -0.25) is 14.9 Å². The van der Waals surface area contributed by atoms with Gasteiger partial charge in [0.1, 0.15) is 11.5 Å². The smallest absolute Gasteiger partial charge is 0.263 e. The zero-order valence-corrected chi connectivity index (χ0v) is 16.1. The molecule has 0 aliphatic carbocycles. The van der Waals surface area contributed by atoms with Crippen molar-refractivity contribution in [2.24, 2.45) is 0 Å². The highest BCUT2D eigenvalue weighted by Gasteiger charge is 2.27. The Bertz CT molecular complexity index is 1050. The highest BCUT2D eigenvalue weighted by Crippen LogP contribution is 2.25. The van der Waals surface area contributed by atoms with Crippen LogP contribution in [0, 0.1) is 5.82 Å². The minimum atomic E-state index is -0.659. The Morgan fingerprint density at radius 2 is 2.20 bits per heavy atom. The van der Waals surface area contributed by atoms with Gasteiger partial charge in [-0.15, -0.1) is 0 Å². The van der Waals surface area contributed by atoms with Crippen LogP contribution in [-0.4, -0.2) is 34.2 Å². The number of halogens is 1. The highest BCUT2D eigenvalue weighted by molar-refractivity contribution is 5.91. The van der Waals surface area contributed by atoms with E-state index in [9.17, 15) is 14.0 Å². The summed E-state index contributed by atoms with van der Waals surface area (Å²) in [6.45, 7) is 1.48. The Kier molecular flexibility index (Phi) is 5.48. The van der Waals surface area contributed by atoms with Gasteiger partial charge < -0.3 is 19.8 Å². The molecule has 1 saturated heterocycles. The number of rotatable bonds is 6. The molecule has 0 saturated carbocycles. The van der Waals surface area contributed by atoms with Gasteiger partial charge in [0.15, 0.2) is 30.2 Å². The second-order valence-corrected chi connectivity index (χ2v) is 6.85. The Balaban J connectivity index is 1.54. The molecule has 156 valence electrons. The number of anilines is 1. The number of amides is 2. The Morgan fingerprint density at radius 3 is 2.93 bits per heavy atom. The largest absolute Gasteiger partial charge is 0.481 e. The maximum absolute atomic E-state index is 13.7. The first kappa shape index (κ1) is 19.6. The molecule has 2 unspecified atom stereocenters. The van der Waals surface area contributed by atoms with Crippen molar-refractivity contribution in [1.82, 2.24) is 20.4 Å². The monoisotopic (exact) mass is 413 g/mol. The molecule has 10 heteroatoms. The van der Waals surface area contributed by atoms with Crippen molar-refractivity contribution in [1.29, 1.82) is 0 Å².